The van der Waals surface area contributed by atoms with Crippen molar-refractivity contribution < 1.29 is 9.53 Å². The Labute approximate surface area is 95.0 Å². The first-order valence-electron chi connectivity index (χ1n) is 5.33. The van der Waals surface area contributed by atoms with Gasteiger partial charge >= 0.3 is 0 Å². The zero-order valence-corrected chi connectivity index (χ0v) is 9.40. The number of ether oxygens (including phenoxy) is 1. The highest BCUT2D eigenvalue weighted by molar-refractivity contribution is 5.91. The number of amides is 1. The van der Waals surface area contributed by atoms with Gasteiger partial charge in [0.2, 0.25) is 0 Å². The van der Waals surface area contributed by atoms with Gasteiger partial charge in [0.15, 0.2) is 0 Å². The van der Waals surface area contributed by atoms with Gasteiger partial charge in [-0.2, -0.15) is 0 Å². The molecule has 0 fully saturated rings. The van der Waals surface area contributed by atoms with Crippen LogP contribution < -0.4 is 15.8 Å². The number of hydrogen-bond donors (Lipinski definition) is 2. The second-order valence-electron chi connectivity index (χ2n) is 3.34. The maximum Gasteiger partial charge on any atom is 0.267 e. The van der Waals surface area contributed by atoms with Crippen LogP contribution in [0.4, 0.5) is 0 Å². The summed E-state index contributed by atoms with van der Waals surface area (Å²) in [6, 6.07) is 3.24. The van der Waals surface area contributed by atoms with Crippen LogP contribution in [-0.4, -0.2) is 30.6 Å². The van der Waals surface area contributed by atoms with Crippen molar-refractivity contribution in [3.05, 3.63) is 24.0 Å². The van der Waals surface area contributed by atoms with E-state index in [4.69, 9.17) is 10.5 Å². The standard InChI is InChI=1S/C11H17N3O2/c1-2-4-13-6-7-16-9-3-5-14-10(8-9)11(12)15/h3,5,8,13H,2,4,6-7H2,1H3,(H2,12,15). The maximum absolute atomic E-state index is 10.9. The zero-order valence-electron chi connectivity index (χ0n) is 9.40. The van der Waals surface area contributed by atoms with E-state index in [0.29, 0.717) is 12.4 Å². The van der Waals surface area contributed by atoms with Gasteiger partial charge in [0.1, 0.15) is 18.1 Å². The number of nitrogens with two attached hydrogens (primary N) is 1. The second kappa shape index (κ2) is 6.79. The average Bonchev–Trinajstić information content (AvgIpc) is 2.29. The van der Waals surface area contributed by atoms with E-state index in [1.165, 1.54) is 6.20 Å². The van der Waals surface area contributed by atoms with E-state index in [1.54, 1.807) is 12.1 Å². The van der Waals surface area contributed by atoms with Crippen LogP contribution >= 0.6 is 0 Å². The van der Waals surface area contributed by atoms with Crippen LogP contribution in [0.1, 0.15) is 23.8 Å². The number of nitrogens with zero attached hydrogens (tertiary/aromatic N) is 1. The number of rotatable bonds is 7. The lowest BCUT2D eigenvalue weighted by atomic mass is 10.3. The Morgan fingerprint density at radius 3 is 3.06 bits per heavy atom. The van der Waals surface area contributed by atoms with Gasteiger partial charge in [-0.15, -0.1) is 0 Å². The summed E-state index contributed by atoms with van der Waals surface area (Å²) in [5.74, 6) is 0.0663. The number of carbonyl (C=O) groups excluding carboxylic acids is 1. The van der Waals surface area contributed by atoms with Crippen molar-refractivity contribution in [2.45, 2.75) is 13.3 Å². The molecule has 0 saturated carbocycles. The molecular weight excluding hydrogens is 206 g/mol. The van der Waals surface area contributed by atoms with Gasteiger partial charge < -0.3 is 15.8 Å². The van der Waals surface area contributed by atoms with Gasteiger partial charge in [0, 0.05) is 18.8 Å². The van der Waals surface area contributed by atoms with E-state index in [1.807, 2.05) is 0 Å². The lowest BCUT2D eigenvalue weighted by Crippen LogP contribution is -2.21. The molecule has 1 rings (SSSR count). The molecule has 5 nitrogen and oxygen atoms in total. The van der Waals surface area contributed by atoms with Crippen LogP contribution in [0.5, 0.6) is 5.75 Å². The molecule has 3 N–H and O–H groups in total. The summed E-state index contributed by atoms with van der Waals surface area (Å²) in [5, 5.41) is 3.21. The molecule has 0 aliphatic rings. The zero-order chi connectivity index (χ0) is 11.8. The van der Waals surface area contributed by atoms with Crippen molar-refractivity contribution in [3.8, 4) is 5.75 Å². The van der Waals surface area contributed by atoms with Crippen LogP contribution in [0.25, 0.3) is 0 Å². The summed E-state index contributed by atoms with van der Waals surface area (Å²) >= 11 is 0. The van der Waals surface area contributed by atoms with Crippen molar-refractivity contribution in [1.82, 2.24) is 10.3 Å². The van der Waals surface area contributed by atoms with E-state index >= 15 is 0 Å². The first-order valence-corrected chi connectivity index (χ1v) is 5.33. The molecule has 1 aromatic heterocycles. The van der Waals surface area contributed by atoms with Gasteiger partial charge in [-0.25, -0.2) is 0 Å². The molecule has 88 valence electrons. The third-order valence-electron chi connectivity index (χ3n) is 1.96. The third kappa shape index (κ3) is 4.27. The molecule has 5 heteroatoms. The highest BCUT2D eigenvalue weighted by Crippen LogP contribution is 2.09. The van der Waals surface area contributed by atoms with Gasteiger partial charge in [-0.05, 0) is 19.0 Å². The Kier molecular flexibility index (Phi) is 5.28. The predicted octanol–water partition coefficient (Wildman–Crippen LogP) is 0.559. The second-order valence-corrected chi connectivity index (χ2v) is 3.34. The van der Waals surface area contributed by atoms with Crippen molar-refractivity contribution >= 4 is 5.91 Å². The van der Waals surface area contributed by atoms with Crippen LogP contribution in [0.2, 0.25) is 0 Å². The van der Waals surface area contributed by atoms with Crippen molar-refractivity contribution in [2.24, 2.45) is 5.73 Å². The van der Waals surface area contributed by atoms with Gasteiger partial charge in [0.25, 0.3) is 5.91 Å². The van der Waals surface area contributed by atoms with E-state index in [2.05, 4.69) is 17.2 Å². The molecule has 16 heavy (non-hydrogen) atoms. The number of carbonyl (C=O) groups is 1. The highest BCUT2D eigenvalue weighted by atomic mass is 16.5. The Balaban J connectivity index is 2.36. The molecule has 0 aliphatic heterocycles. The average molecular weight is 223 g/mol. The molecule has 0 unspecified atom stereocenters. The fourth-order valence-electron chi connectivity index (χ4n) is 1.18. The fourth-order valence-corrected chi connectivity index (χ4v) is 1.18. The Morgan fingerprint density at radius 1 is 1.56 bits per heavy atom. The Hall–Kier alpha value is -1.62. The van der Waals surface area contributed by atoms with Gasteiger partial charge in [-0.1, -0.05) is 6.92 Å². The van der Waals surface area contributed by atoms with Gasteiger partial charge in [-0.3, -0.25) is 9.78 Å². The molecule has 0 aliphatic carbocycles. The first-order chi connectivity index (χ1) is 7.74. The number of aromatic nitrogens is 1. The van der Waals surface area contributed by atoms with Crippen molar-refractivity contribution in [2.75, 3.05) is 19.7 Å². The summed E-state index contributed by atoms with van der Waals surface area (Å²) in [7, 11) is 0. The number of nitrogens with one attached hydrogen (secondary N) is 1. The lowest BCUT2D eigenvalue weighted by molar-refractivity contribution is 0.0995. The molecule has 0 saturated heterocycles. The van der Waals surface area contributed by atoms with E-state index in [9.17, 15) is 4.79 Å². The third-order valence-corrected chi connectivity index (χ3v) is 1.96. The number of hydrogen-bond acceptors (Lipinski definition) is 4. The highest BCUT2D eigenvalue weighted by Gasteiger charge is 2.03. The molecule has 1 aromatic rings. The van der Waals surface area contributed by atoms with Gasteiger partial charge in [0.05, 0.1) is 0 Å². The maximum atomic E-state index is 10.9. The lowest BCUT2D eigenvalue weighted by Gasteiger charge is -2.07. The molecule has 0 spiro atoms. The summed E-state index contributed by atoms with van der Waals surface area (Å²) in [5.41, 5.74) is 5.33. The quantitative estimate of drug-likeness (QED) is 0.662. The van der Waals surface area contributed by atoms with Crippen LogP contribution in [0, 0.1) is 0 Å². The smallest absolute Gasteiger partial charge is 0.267 e. The summed E-state index contributed by atoms with van der Waals surface area (Å²) in [4.78, 5) is 14.7. The molecule has 1 amide bonds. The minimum atomic E-state index is -0.547. The minimum absolute atomic E-state index is 0.221. The van der Waals surface area contributed by atoms with E-state index < -0.39 is 5.91 Å². The Morgan fingerprint density at radius 2 is 2.38 bits per heavy atom. The first kappa shape index (κ1) is 12.4. The fraction of sp³-hybridized carbons (Fsp3) is 0.455. The largest absolute Gasteiger partial charge is 0.492 e. The van der Waals surface area contributed by atoms with Crippen LogP contribution in [0.15, 0.2) is 18.3 Å². The Bertz CT molecular complexity index is 342. The molecule has 0 radical (unpaired) electrons. The molecule has 0 atom stereocenters. The van der Waals surface area contributed by atoms with Crippen LogP contribution in [-0.2, 0) is 0 Å². The normalized spacial score (nSPS) is 10.1. The molecule has 0 aromatic carbocycles. The summed E-state index contributed by atoms with van der Waals surface area (Å²) in [6.45, 7) is 4.42. The number of pyridine rings is 1. The number of primary amides is 1. The molecule has 1 heterocycles. The SMILES string of the molecule is CCCNCCOc1ccnc(C(N)=O)c1. The van der Waals surface area contributed by atoms with Crippen molar-refractivity contribution in [3.63, 3.8) is 0 Å². The topological polar surface area (TPSA) is 77.2 Å². The van der Waals surface area contributed by atoms with Crippen molar-refractivity contribution in [1.29, 1.82) is 0 Å². The predicted molar refractivity (Wildman–Crippen MR) is 61.4 cm³/mol. The summed E-state index contributed by atoms with van der Waals surface area (Å²) < 4.78 is 5.43. The van der Waals surface area contributed by atoms with E-state index in [-0.39, 0.29) is 5.69 Å². The molecule has 0 bridgehead atoms. The summed E-state index contributed by atoms with van der Waals surface area (Å²) in [6.07, 6.45) is 2.61. The van der Waals surface area contributed by atoms with Crippen LogP contribution in [0.3, 0.4) is 0 Å². The van der Waals surface area contributed by atoms with E-state index in [0.717, 1.165) is 19.5 Å². The monoisotopic (exact) mass is 223 g/mol. The molecular formula is C11H17N3O2. The minimum Gasteiger partial charge on any atom is -0.492 e.